The molecule has 0 heterocycles. The van der Waals surface area contributed by atoms with Crippen LogP contribution in [0.15, 0.2) is 104 Å². The summed E-state index contributed by atoms with van der Waals surface area (Å²) in [6.07, 6.45) is 2.15. The number of rotatable bonds is 15. The van der Waals surface area contributed by atoms with Gasteiger partial charge in [0.2, 0.25) is 10.0 Å². The number of hydrogen-bond donors (Lipinski definition) is 0. The van der Waals surface area contributed by atoms with Crippen LogP contribution >= 0.6 is 65.7 Å². The third-order valence-corrected chi connectivity index (χ3v) is 13.2. The standard InChI is InChI=1S/C18H21BrClNO4S.C12H16BrClO2.C7H7ClO2S/c1-13-4-7-15(8-5-13)26(22,23)21(12-18(24-2)25-3)11-14-6-9-17(20)16(19)10-14;1-15-12(16-2)5-3-4-9-6-7-11(14)10(13)8-9;1-6-2-4-7(5-3-6)11(8,9)10/h4-10,18H,11-12H2,1-3H3;6-8,12H,3-5H2,1-2H3;2-5H,1H3. The molecular formula is C37H44Br2Cl3NO8S2. The molecule has 0 aromatic heterocycles. The number of methoxy groups -OCH3 is 4. The Balaban J connectivity index is 0.000000305. The van der Waals surface area contributed by atoms with E-state index in [0.717, 1.165) is 45.4 Å². The topological polar surface area (TPSA) is 108 Å². The van der Waals surface area contributed by atoms with Gasteiger partial charge in [0.05, 0.1) is 26.4 Å². The first-order chi connectivity index (χ1) is 24.9. The minimum Gasteiger partial charge on any atom is -0.356 e. The number of benzene rings is 4. The van der Waals surface area contributed by atoms with Crippen LogP contribution in [0.4, 0.5) is 0 Å². The quantitative estimate of drug-likeness (QED) is 0.0857. The van der Waals surface area contributed by atoms with Gasteiger partial charge in [0.25, 0.3) is 9.05 Å². The monoisotopic (exact) mass is 957 g/mol. The molecule has 0 aliphatic rings. The maximum atomic E-state index is 13.1. The third kappa shape index (κ3) is 16.6. The zero-order chi connectivity index (χ0) is 39.8. The van der Waals surface area contributed by atoms with Crippen molar-refractivity contribution < 1.29 is 35.8 Å². The highest BCUT2D eigenvalue weighted by Crippen LogP contribution is 2.27. The second-order valence-corrected chi connectivity index (χ2v) is 18.6. The lowest BCUT2D eigenvalue weighted by atomic mass is 10.1. The number of nitrogens with zero attached hydrogens (tertiary/aromatic N) is 1. The van der Waals surface area contributed by atoms with E-state index in [1.54, 1.807) is 68.8 Å². The van der Waals surface area contributed by atoms with E-state index in [1.807, 2.05) is 26.0 Å². The lowest BCUT2D eigenvalue weighted by Crippen LogP contribution is -2.38. The molecule has 0 amide bonds. The summed E-state index contributed by atoms with van der Waals surface area (Å²) in [7, 11) is 4.08. The van der Waals surface area contributed by atoms with Crippen molar-refractivity contribution in [2.45, 2.75) is 62.0 Å². The Morgan fingerprint density at radius 1 is 0.642 bits per heavy atom. The zero-order valence-corrected chi connectivity index (χ0v) is 37.3. The molecule has 0 saturated heterocycles. The molecule has 4 aromatic rings. The largest absolute Gasteiger partial charge is 0.356 e. The van der Waals surface area contributed by atoms with Crippen molar-refractivity contribution in [2.75, 3.05) is 35.0 Å². The van der Waals surface area contributed by atoms with E-state index in [1.165, 1.54) is 36.2 Å². The van der Waals surface area contributed by atoms with Crippen LogP contribution in [-0.2, 0) is 51.0 Å². The smallest absolute Gasteiger partial charge is 0.261 e. The van der Waals surface area contributed by atoms with Crippen molar-refractivity contribution in [3.8, 4) is 0 Å². The van der Waals surface area contributed by atoms with Gasteiger partial charge in [-0.1, -0.05) is 70.7 Å². The van der Waals surface area contributed by atoms with Crippen molar-refractivity contribution in [3.63, 3.8) is 0 Å². The van der Waals surface area contributed by atoms with E-state index in [2.05, 4.69) is 37.9 Å². The number of aryl methyl sites for hydroxylation is 3. The Hall–Kier alpha value is -1.59. The molecule has 0 saturated carbocycles. The van der Waals surface area contributed by atoms with Gasteiger partial charge in [-0.2, -0.15) is 4.31 Å². The van der Waals surface area contributed by atoms with Crippen LogP contribution in [0.25, 0.3) is 0 Å². The van der Waals surface area contributed by atoms with Crippen molar-refractivity contribution in [1.29, 1.82) is 0 Å². The van der Waals surface area contributed by atoms with Crippen LogP contribution in [-0.4, -0.2) is 68.7 Å². The fourth-order valence-corrected chi connectivity index (χ4v) is 7.83. The molecule has 16 heteroatoms. The Bertz CT molecular complexity index is 1930. The molecular weight excluding hydrogens is 917 g/mol. The highest BCUT2D eigenvalue weighted by atomic mass is 79.9. The van der Waals surface area contributed by atoms with Gasteiger partial charge < -0.3 is 18.9 Å². The van der Waals surface area contributed by atoms with E-state index < -0.39 is 25.4 Å². The maximum Gasteiger partial charge on any atom is 0.261 e. The Kier molecular flexibility index (Phi) is 21.1. The first-order valence-electron chi connectivity index (χ1n) is 16.0. The highest BCUT2D eigenvalue weighted by molar-refractivity contribution is 9.10. The van der Waals surface area contributed by atoms with E-state index in [9.17, 15) is 16.8 Å². The predicted molar refractivity (Wildman–Crippen MR) is 220 cm³/mol. The molecule has 292 valence electrons. The molecule has 0 fully saturated rings. The van der Waals surface area contributed by atoms with Crippen LogP contribution in [0.5, 0.6) is 0 Å². The van der Waals surface area contributed by atoms with E-state index in [-0.39, 0.29) is 29.2 Å². The van der Waals surface area contributed by atoms with Crippen LogP contribution < -0.4 is 0 Å². The lowest BCUT2D eigenvalue weighted by Gasteiger charge is -2.26. The highest BCUT2D eigenvalue weighted by Gasteiger charge is 2.28. The van der Waals surface area contributed by atoms with Crippen molar-refractivity contribution >= 4 is 84.8 Å². The summed E-state index contributed by atoms with van der Waals surface area (Å²) in [4.78, 5) is 0.367. The predicted octanol–water partition coefficient (Wildman–Crippen LogP) is 10.2. The SMILES string of the molecule is COC(CCCc1ccc(Cl)c(Br)c1)OC.COC(CN(Cc1ccc(Cl)c(Br)c1)S(=O)(=O)c1ccc(C)cc1)OC.Cc1ccc(S(=O)(=O)Cl)cc1. The summed E-state index contributed by atoms with van der Waals surface area (Å²) >= 11 is 18.7. The summed E-state index contributed by atoms with van der Waals surface area (Å²) in [6, 6.07) is 24.4. The van der Waals surface area contributed by atoms with Crippen molar-refractivity contribution in [3.05, 3.63) is 126 Å². The summed E-state index contributed by atoms with van der Waals surface area (Å²) in [5, 5.41) is 1.31. The van der Waals surface area contributed by atoms with Crippen molar-refractivity contribution in [2.24, 2.45) is 0 Å². The summed E-state index contributed by atoms with van der Waals surface area (Å²) in [5.74, 6) is 0. The average molecular weight is 961 g/mol. The minimum atomic E-state index is -3.73. The average Bonchev–Trinajstić information content (AvgIpc) is 3.12. The Morgan fingerprint density at radius 2 is 1.08 bits per heavy atom. The second kappa shape index (κ2) is 23.5. The van der Waals surface area contributed by atoms with Gasteiger partial charge in [0.1, 0.15) is 0 Å². The first-order valence-corrected chi connectivity index (χ1v) is 22.1. The van der Waals surface area contributed by atoms with Gasteiger partial charge >= 0.3 is 0 Å². The first kappa shape index (κ1) is 47.6. The van der Waals surface area contributed by atoms with Crippen LogP contribution in [0, 0.1) is 13.8 Å². The number of ether oxygens (including phenoxy) is 4. The Labute approximate surface area is 345 Å². The molecule has 0 unspecified atom stereocenters. The van der Waals surface area contributed by atoms with Crippen LogP contribution in [0.2, 0.25) is 10.0 Å². The fraction of sp³-hybridized carbons (Fsp3) is 0.351. The Morgan fingerprint density at radius 3 is 1.51 bits per heavy atom. The molecule has 0 N–H and O–H groups in total. The molecule has 0 atom stereocenters. The van der Waals surface area contributed by atoms with Crippen LogP contribution in [0.3, 0.4) is 0 Å². The molecule has 0 radical (unpaired) electrons. The molecule has 0 aliphatic carbocycles. The molecule has 9 nitrogen and oxygen atoms in total. The molecule has 53 heavy (non-hydrogen) atoms. The molecule has 0 aliphatic heterocycles. The summed E-state index contributed by atoms with van der Waals surface area (Å²) < 4.78 is 71.4. The zero-order valence-electron chi connectivity index (χ0n) is 30.2. The van der Waals surface area contributed by atoms with E-state index in [0.29, 0.717) is 9.50 Å². The minimum absolute atomic E-state index is 0.0590. The summed E-state index contributed by atoms with van der Waals surface area (Å²) in [5.41, 5.74) is 4.06. The van der Waals surface area contributed by atoms with Gasteiger partial charge in [-0.15, -0.1) is 0 Å². The molecule has 4 rings (SSSR count). The number of sulfonamides is 1. The number of halogens is 5. The molecule has 4 aromatic carbocycles. The third-order valence-electron chi connectivity index (χ3n) is 7.60. The van der Waals surface area contributed by atoms with E-state index in [4.69, 9.17) is 52.8 Å². The van der Waals surface area contributed by atoms with E-state index >= 15 is 0 Å². The summed E-state index contributed by atoms with van der Waals surface area (Å²) in [6.45, 7) is 4.01. The van der Waals surface area contributed by atoms with Gasteiger partial charge in [0, 0.05) is 54.6 Å². The maximum absolute atomic E-state index is 13.1. The van der Waals surface area contributed by atoms with Gasteiger partial charge in [-0.05, 0) is 125 Å². The lowest BCUT2D eigenvalue weighted by molar-refractivity contribution is -0.108. The van der Waals surface area contributed by atoms with Gasteiger partial charge in [-0.25, -0.2) is 16.8 Å². The molecule has 0 spiro atoms. The van der Waals surface area contributed by atoms with Crippen molar-refractivity contribution in [1.82, 2.24) is 4.31 Å². The second-order valence-electron chi connectivity index (χ2n) is 11.6. The fourth-order valence-electron chi connectivity index (χ4n) is 4.56. The normalized spacial score (nSPS) is 11.7. The van der Waals surface area contributed by atoms with Crippen LogP contribution in [0.1, 0.15) is 35.1 Å². The number of hydrogen-bond acceptors (Lipinski definition) is 8. The molecule has 0 bridgehead atoms. The van der Waals surface area contributed by atoms with Gasteiger partial charge in [-0.3, -0.25) is 0 Å². The van der Waals surface area contributed by atoms with Gasteiger partial charge in [0.15, 0.2) is 12.6 Å².